The predicted molar refractivity (Wildman–Crippen MR) is 71.5 cm³/mol. The summed E-state index contributed by atoms with van der Waals surface area (Å²) in [6, 6.07) is 3.83. The molecule has 0 fully saturated rings. The van der Waals surface area contributed by atoms with Gasteiger partial charge in [-0.05, 0) is 51.2 Å². The monoisotopic (exact) mass is 422 g/mol. The van der Waals surface area contributed by atoms with Crippen LogP contribution in [0.3, 0.4) is 0 Å². The van der Waals surface area contributed by atoms with Crippen LogP contribution in [0, 0.1) is 18.7 Å². The lowest BCUT2D eigenvalue weighted by atomic mass is 10.2. The molecule has 0 saturated carbocycles. The Hall–Kier alpha value is -0.690. The molecule has 4 nitrogen and oxygen atoms in total. The Morgan fingerprint density at radius 3 is 2.80 bits per heavy atom. The van der Waals surface area contributed by atoms with E-state index in [1.165, 1.54) is 0 Å². The fraction of sp³-hybridized carbons (Fsp3) is 0. The number of nitriles is 1. The van der Waals surface area contributed by atoms with Gasteiger partial charge in [0.05, 0.1) is 17.4 Å². The lowest BCUT2D eigenvalue weighted by Crippen LogP contribution is -1.99. The van der Waals surface area contributed by atoms with Gasteiger partial charge < -0.3 is 0 Å². The second-order valence-corrected chi connectivity index (χ2v) is 4.74. The van der Waals surface area contributed by atoms with E-state index in [1.54, 1.807) is 24.8 Å². The lowest BCUT2D eigenvalue weighted by Gasteiger charge is -2.04. The molecule has 0 aliphatic carbocycles. The van der Waals surface area contributed by atoms with Crippen molar-refractivity contribution >= 4 is 45.2 Å². The molecule has 0 radical (unpaired) electrons. The smallest absolute Gasteiger partial charge is 0.133 e. The minimum Gasteiger partial charge on any atom is -0.290 e. The molecule has 2 aromatic heterocycles. The molecule has 0 saturated heterocycles. The minimum atomic E-state index is 0.594. The highest BCUT2D eigenvalue weighted by molar-refractivity contribution is 14.1. The van der Waals surface area contributed by atoms with Crippen LogP contribution >= 0.6 is 45.2 Å². The normalized spacial score (nSPS) is 9.93. The summed E-state index contributed by atoms with van der Waals surface area (Å²) in [4.78, 5) is 8.19. The van der Waals surface area contributed by atoms with Crippen molar-refractivity contribution in [1.29, 1.82) is 5.26 Å². The summed E-state index contributed by atoms with van der Waals surface area (Å²) in [7, 11) is 0. The van der Waals surface area contributed by atoms with E-state index in [1.807, 2.05) is 4.57 Å². The Morgan fingerprint density at radius 1 is 1.40 bits per heavy atom. The molecule has 74 valence electrons. The predicted octanol–water partition coefficient (Wildman–Crippen LogP) is 2.35. The summed E-state index contributed by atoms with van der Waals surface area (Å²) in [5, 5.41) is 8.96. The Kier molecular flexibility index (Phi) is 3.20. The van der Waals surface area contributed by atoms with Crippen LogP contribution in [0.2, 0.25) is 0 Å². The van der Waals surface area contributed by atoms with Crippen molar-refractivity contribution in [2.75, 3.05) is 0 Å². The van der Waals surface area contributed by atoms with Gasteiger partial charge in [0.25, 0.3) is 0 Å². The molecule has 0 bridgehead atoms. The third-order valence-electron chi connectivity index (χ3n) is 1.85. The molecule has 0 amide bonds. The van der Waals surface area contributed by atoms with E-state index in [-0.39, 0.29) is 0 Å². The van der Waals surface area contributed by atoms with E-state index in [4.69, 9.17) is 5.26 Å². The van der Waals surface area contributed by atoms with Crippen molar-refractivity contribution in [3.05, 3.63) is 37.8 Å². The van der Waals surface area contributed by atoms with Crippen molar-refractivity contribution in [1.82, 2.24) is 14.5 Å². The number of nitrogens with zero attached hydrogens (tertiary/aromatic N) is 4. The number of hydrogen-bond donors (Lipinski definition) is 0. The van der Waals surface area contributed by atoms with Gasteiger partial charge in [-0.15, -0.1) is 0 Å². The van der Waals surface area contributed by atoms with Gasteiger partial charge in [0.15, 0.2) is 0 Å². The van der Waals surface area contributed by atoms with Crippen LogP contribution in [0.15, 0.2) is 24.8 Å². The highest BCUT2D eigenvalue weighted by Crippen LogP contribution is 2.19. The zero-order valence-corrected chi connectivity index (χ0v) is 11.7. The maximum atomic E-state index is 8.96. The van der Waals surface area contributed by atoms with Gasteiger partial charge in [0.1, 0.15) is 19.8 Å². The van der Waals surface area contributed by atoms with E-state index < -0.39 is 0 Å². The first-order valence-electron chi connectivity index (χ1n) is 3.97. The van der Waals surface area contributed by atoms with E-state index in [2.05, 4.69) is 61.2 Å². The van der Waals surface area contributed by atoms with Gasteiger partial charge in [-0.25, -0.2) is 4.98 Å². The average Bonchev–Trinajstić information content (AvgIpc) is 2.60. The molecule has 6 heteroatoms. The molecule has 2 aromatic rings. The lowest BCUT2D eigenvalue weighted by molar-refractivity contribution is 1.01. The maximum Gasteiger partial charge on any atom is 0.133 e. The molecule has 0 unspecified atom stereocenters. The largest absolute Gasteiger partial charge is 0.290 e. The number of imidazole rings is 1. The third-order valence-corrected chi connectivity index (χ3v) is 4.70. The molecule has 15 heavy (non-hydrogen) atoms. The van der Waals surface area contributed by atoms with Crippen LogP contribution < -0.4 is 0 Å². The first kappa shape index (κ1) is 10.8. The van der Waals surface area contributed by atoms with E-state index in [0.29, 0.717) is 5.56 Å². The Bertz CT molecular complexity index is 541. The molecule has 0 atom stereocenters. The van der Waals surface area contributed by atoms with Crippen molar-refractivity contribution in [3.63, 3.8) is 0 Å². The molecule has 2 heterocycles. The highest BCUT2D eigenvalue weighted by atomic mass is 127. The van der Waals surface area contributed by atoms with Crippen LogP contribution in [0.5, 0.6) is 0 Å². The highest BCUT2D eigenvalue weighted by Gasteiger charge is 2.10. The van der Waals surface area contributed by atoms with Gasteiger partial charge >= 0.3 is 0 Å². The van der Waals surface area contributed by atoms with Crippen molar-refractivity contribution in [2.45, 2.75) is 0 Å². The van der Waals surface area contributed by atoms with Crippen molar-refractivity contribution in [2.24, 2.45) is 0 Å². The van der Waals surface area contributed by atoms with Crippen LogP contribution in [-0.4, -0.2) is 14.5 Å². The molecule has 0 aromatic carbocycles. The minimum absolute atomic E-state index is 0.594. The fourth-order valence-electron chi connectivity index (χ4n) is 1.15. The summed E-state index contributed by atoms with van der Waals surface area (Å²) in [6.07, 6.45) is 4.97. The quantitative estimate of drug-likeness (QED) is 0.664. The number of rotatable bonds is 1. The summed E-state index contributed by atoms with van der Waals surface area (Å²) in [5.74, 6) is 0. The average molecular weight is 422 g/mol. The van der Waals surface area contributed by atoms with E-state index in [9.17, 15) is 0 Å². The summed E-state index contributed by atoms with van der Waals surface area (Å²) in [5.41, 5.74) is 1.36. The summed E-state index contributed by atoms with van der Waals surface area (Å²) >= 11 is 4.35. The molecule has 0 aliphatic rings. The molecule has 0 N–H and O–H groups in total. The number of aromatic nitrogens is 3. The number of hydrogen-bond acceptors (Lipinski definition) is 3. The fourth-order valence-corrected chi connectivity index (χ4v) is 2.06. The van der Waals surface area contributed by atoms with Gasteiger partial charge in [-0.1, -0.05) is 0 Å². The first-order valence-corrected chi connectivity index (χ1v) is 6.12. The Labute approximate surface area is 114 Å². The van der Waals surface area contributed by atoms with Gasteiger partial charge in [0, 0.05) is 6.20 Å². The van der Waals surface area contributed by atoms with Gasteiger partial charge in [-0.3, -0.25) is 9.55 Å². The van der Waals surface area contributed by atoms with E-state index >= 15 is 0 Å². The molecular formula is C9H4I2N4. The SMILES string of the molecule is N#Cc1ccncc1-n1cnc(I)c1I. The van der Waals surface area contributed by atoms with Crippen molar-refractivity contribution in [3.8, 4) is 11.8 Å². The molecule has 0 aliphatic heterocycles. The standard InChI is InChI=1S/C9H4I2N4/c10-8-9(11)15(5-14-8)7-4-13-2-1-6(7)3-12/h1-2,4-5H. The number of halogens is 2. The second kappa shape index (κ2) is 4.44. The summed E-state index contributed by atoms with van der Waals surface area (Å²) in [6.45, 7) is 0. The second-order valence-electron chi connectivity index (χ2n) is 2.70. The van der Waals surface area contributed by atoms with Gasteiger partial charge in [0.2, 0.25) is 0 Å². The molecule has 0 spiro atoms. The van der Waals surface area contributed by atoms with Crippen LogP contribution in [0.1, 0.15) is 5.56 Å². The Morgan fingerprint density at radius 2 is 2.20 bits per heavy atom. The topological polar surface area (TPSA) is 54.5 Å². The molecule has 2 rings (SSSR count). The molecular weight excluding hydrogens is 418 g/mol. The number of pyridine rings is 1. The van der Waals surface area contributed by atoms with Crippen molar-refractivity contribution < 1.29 is 0 Å². The zero-order valence-electron chi connectivity index (χ0n) is 7.35. The maximum absolute atomic E-state index is 8.96. The van der Waals surface area contributed by atoms with E-state index in [0.717, 1.165) is 13.1 Å². The zero-order chi connectivity index (χ0) is 10.8. The van der Waals surface area contributed by atoms with Crippen LogP contribution in [0.25, 0.3) is 5.69 Å². The first-order chi connectivity index (χ1) is 7.24. The van der Waals surface area contributed by atoms with Gasteiger partial charge in [-0.2, -0.15) is 5.26 Å². The third kappa shape index (κ3) is 1.98. The van der Waals surface area contributed by atoms with Crippen LogP contribution in [0.4, 0.5) is 0 Å². The Balaban J connectivity index is 2.65. The van der Waals surface area contributed by atoms with Crippen LogP contribution in [-0.2, 0) is 0 Å². The summed E-state index contributed by atoms with van der Waals surface area (Å²) < 4.78 is 3.76.